The third-order valence-electron chi connectivity index (χ3n) is 6.92. The summed E-state index contributed by atoms with van der Waals surface area (Å²) < 4.78 is 45.8. The second-order valence-electron chi connectivity index (χ2n) is 9.48. The van der Waals surface area contributed by atoms with Crippen LogP contribution >= 0.6 is 0 Å². The number of likely N-dealkylation sites (tertiary alicyclic amines) is 1. The number of anilines is 2. The van der Waals surface area contributed by atoms with Crippen molar-refractivity contribution in [3.05, 3.63) is 79.1 Å². The second-order valence-corrected chi connectivity index (χ2v) is 9.48. The van der Waals surface area contributed by atoms with Crippen LogP contribution in [0.1, 0.15) is 19.8 Å². The highest BCUT2D eigenvalue weighted by Crippen LogP contribution is 2.39. The number of nitrogens with zero attached hydrogens (tertiary/aromatic N) is 3. The number of fused-ring (bicyclic) bond motifs is 1. The van der Waals surface area contributed by atoms with Crippen molar-refractivity contribution < 1.29 is 27.8 Å². The number of ether oxygens (including phenoxy) is 3. The Bertz CT molecular complexity index is 1590. The molecule has 0 bridgehead atoms. The molecule has 1 aliphatic rings. The van der Waals surface area contributed by atoms with E-state index in [0.29, 0.717) is 77.8 Å². The molecule has 2 heterocycles. The molecular formula is C31H30F2N4O4. The molecule has 1 amide bonds. The zero-order valence-electron chi connectivity index (χ0n) is 22.8. The third kappa shape index (κ3) is 6.06. The largest absolute Gasteiger partial charge is 0.495 e. The summed E-state index contributed by atoms with van der Waals surface area (Å²) in [4.78, 5) is 22.6. The van der Waals surface area contributed by atoms with Gasteiger partial charge in [0, 0.05) is 49.0 Å². The molecule has 0 radical (unpaired) electrons. The van der Waals surface area contributed by atoms with Gasteiger partial charge in [-0.15, -0.1) is 0 Å². The monoisotopic (exact) mass is 560 g/mol. The predicted octanol–water partition coefficient (Wildman–Crippen LogP) is 6.28. The molecule has 0 atom stereocenters. The summed E-state index contributed by atoms with van der Waals surface area (Å²) >= 11 is 0. The lowest BCUT2D eigenvalue weighted by atomic mass is 10.0. The Morgan fingerprint density at radius 2 is 1.88 bits per heavy atom. The van der Waals surface area contributed by atoms with Crippen molar-refractivity contribution in [2.45, 2.75) is 25.9 Å². The second kappa shape index (κ2) is 12.2. The van der Waals surface area contributed by atoms with E-state index in [9.17, 15) is 13.6 Å². The minimum Gasteiger partial charge on any atom is -0.495 e. The number of methoxy groups -OCH3 is 1. The highest BCUT2D eigenvalue weighted by molar-refractivity contribution is 5.94. The number of hydrogen-bond donors (Lipinski definition) is 1. The van der Waals surface area contributed by atoms with Gasteiger partial charge in [0.25, 0.3) is 0 Å². The maximum atomic E-state index is 14.5. The van der Waals surface area contributed by atoms with E-state index in [-0.39, 0.29) is 17.6 Å². The first-order chi connectivity index (χ1) is 19.9. The van der Waals surface area contributed by atoms with Crippen molar-refractivity contribution >= 4 is 28.3 Å². The first-order valence-electron chi connectivity index (χ1n) is 13.3. The molecule has 0 unspecified atom stereocenters. The van der Waals surface area contributed by atoms with Gasteiger partial charge in [-0.2, -0.15) is 0 Å². The van der Waals surface area contributed by atoms with Crippen LogP contribution in [0.5, 0.6) is 17.2 Å². The van der Waals surface area contributed by atoms with Gasteiger partial charge in [-0.1, -0.05) is 12.6 Å². The average molecular weight is 561 g/mol. The third-order valence-corrected chi connectivity index (χ3v) is 6.92. The van der Waals surface area contributed by atoms with E-state index < -0.39 is 11.6 Å². The van der Waals surface area contributed by atoms with Gasteiger partial charge >= 0.3 is 0 Å². The summed E-state index contributed by atoms with van der Waals surface area (Å²) in [6.45, 7) is 7.05. The summed E-state index contributed by atoms with van der Waals surface area (Å²) in [5.41, 5.74) is 1.95. The molecule has 1 aliphatic heterocycles. The Hall–Kier alpha value is -4.73. The molecule has 0 spiro atoms. The smallest absolute Gasteiger partial charge is 0.245 e. The fourth-order valence-electron chi connectivity index (χ4n) is 4.85. The zero-order chi connectivity index (χ0) is 28.9. The summed E-state index contributed by atoms with van der Waals surface area (Å²) in [5, 5.41) is 3.96. The normalized spacial score (nSPS) is 13.6. The lowest BCUT2D eigenvalue weighted by Gasteiger charge is -2.32. The Morgan fingerprint density at radius 1 is 1.07 bits per heavy atom. The molecule has 1 N–H and O–H groups in total. The fraction of sp³-hybridized carbons (Fsp3) is 0.258. The number of aromatic nitrogens is 2. The van der Waals surface area contributed by atoms with E-state index in [1.165, 1.54) is 31.6 Å². The van der Waals surface area contributed by atoms with Crippen LogP contribution in [0.2, 0.25) is 0 Å². The van der Waals surface area contributed by atoms with Crippen molar-refractivity contribution in [3.63, 3.8) is 0 Å². The number of carbonyl (C=O) groups is 1. The molecule has 4 aromatic rings. The molecule has 8 nitrogen and oxygen atoms in total. The van der Waals surface area contributed by atoms with E-state index in [1.807, 2.05) is 13.0 Å². The number of nitrogens with one attached hydrogen (secondary N) is 1. The van der Waals surface area contributed by atoms with Gasteiger partial charge in [0.1, 0.15) is 35.6 Å². The zero-order valence-corrected chi connectivity index (χ0v) is 22.8. The topological polar surface area (TPSA) is 85.8 Å². The van der Waals surface area contributed by atoms with Crippen molar-refractivity contribution in [1.29, 1.82) is 0 Å². The van der Waals surface area contributed by atoms with Crippen molar-refractivity contribution in [2.75, 3.05) is 32.1 Å². The Balaban J connectivity index is 1.48. The Kier molecular flexibility index (Phi) is 8.28. The average Bonchev–Trinajstić information content (AvgIpc) is 2.98. The van der Waals surface area contributed by atoms with Gasteiger partial charge in [0.05, 0.1) is 24.9 Å². The molecule has 1 aromatic heterocycles. The van der Waals surface area contributed by atoms with Crippen LogP contribution in [-0.4, -0.2) is 53.7 Å². The number of rotatable bonds is 9. The number of piperidine rings is 1. The van der Waals surface area contributed by atoms with Crippen LogP contribution in [0.25, 0.3) is 22.0 Å². The van der Waals surface area contributed by atoms with E-state index in [0.717, 1.165) is 6.07 Å². The Labute approximate surface area is 236 Å². The molecule has 1 fully saturated rings. The fourth-order valence-corrected chi connectivity index (χ4v) is 4.85. The van der Waals surface area contributed by atoms with Gasteiger partial charge in [-0.3, -0.25) is 4.79 Å². The number of hydrogen-bond acceptors (Lipinski definition) is 7. The number of halogens is 2. The summed E-state index contributed by atoms with van der Waals surface area (Å²) in [6.07, 6.45) is 3.99. The van der Waals surface area contributed by atoms with Crippen LogP contribution in [0, 0.1) is 11.6 Å². The number of amides is 1. The molecule has 212 valence electrons. The quantitative estimate of drug-likeness (QED) is 0.241. The molecule has 3 aromatic carbocycles. The molecule has 0 aliphatic carbocycles. The van der Waals surface area contributed by atoms with Gasteiger partial charge in [0.2, 0.25) is 5.91 Å². The molecular weight excluding hydrogens is 530 g/mol. The van der Waals surface area contributed by atoms with Crippen LogP contribution in [0.3, 0.4) is 0 Å². The van der Waals surface area contributed by atoms with Gasteiger partial charge in [-0.25, -0.2) is 18.7 Å². The summed E-state index contributed by atoms with van der Waals surface area (Å²) in [7, 11) is 1.53. The van der Waals surface area contributed by atoms with Crippen LogP contribution in [0.15, 0.2) is 67.5 Å². The SMILES string of the molecule is C=CC(=O)N1CCC(Oc2cc3c(Nc4cc(-c5ccc(F)cc5F)ccc4OC)ncnc3cc2OCC)CC1. The minimum absolute atomic E-state index is 0.0845. The molecule has 10 heteroatoms. The van der Waals surface area contributed by atoms with Crippen molar-refractivity contribution in [3.8, 4) is 28.4 Å². The lowest BCUT2D eigenvalue weighted by Crippen LogP contribution is -2.41. The number of benzene rings is 3. The van der Waals surface area contributed by atoms with E-state index >= 15 is 0 Å². The van der Waals surface area contributed by atoms with E-state index in [2.05, 4.69) is 21.9 Å². The highest BCUT2D eigenvalue weighted by Gasteiger charge is 2.24. The van der Waals surface area contributed by atoms with Crippen LogP contribution < -0.4 is 19.5 Å². The van der Waals surface area contributed by atoms with Crippen molar-refractivity contribution in [2.24, 2.45) is 0 Å². The van der Waals surface area contributed by atoms with Crippen LogP contribution in [0.4, 0.5) is 20.3 Å². The first kappa shape index (κ1) is 27.8. The van der Waals surface area contributed by atoms with E-state index in [4.69, 9.17) is 14.2 Å². The predicted molar refractivity (Wildman–Crippen MR) is 153 cm³/mol. The maximum absolute atomic E-state index is 14.5. The summed E-state index contributed by atoms with van der Waals surface area (Å²) in [5.74, 6) is 0.680. The van der Waals surface area contributed by atoms with Crippen LogP contribution in [-0.2, 0) is 4.79 Å². The van der Waals surface area contributed by atoms with E-state index in [1.54, 1.807) is 29.2 Å². The molecule has 1 saturated heterocycles. The van der Waals surface area contributed by atoms with Gasteiger partial charge in [-0.05, 0) is 48.9 Å². The van der Waals surface area contributed by atoms with Crippen molar-refractivity contribution in [1.82, 2.24) is 14.9 Å². The highest BCUT2D eigenvalue weighted by atomic mass is 19.1. The molecule has 0 saturated carbocycles. The molecule has 5 rings (SSSR count). The van der Waals surface area contributed by atoms with Gasteiger partial charge in [0.15, 0.2) is 11.5 Å². The summed E-state index contributed by atoms with van der Waals surface area (Å²) in [6, 6.07) is 12.2. The van der Waals surface area contributed by atoms with Gasteiger partial charge < -0.3 is 24.4 Å². The maximum Gasteiger partial charge on any atom is 0.245 e. The molecule has 41 heavy (non-hydrogen) atoms. The minimum atomic E-state index is -0.668. The standard InChI is InChI=1S/C31H30F2N4O4/c1-4-30(38)37-12-10-21(11-13-37)41-29-16-23-25(17-28(29)40-5-2)34-18-35-31(23)36-26-14-19(6-9-27(26)39-3)22-8-7-20(32)15-24(22)33/h4,6-9,14-18,21H,1,5,10-13H2,2-3H3,(H,34,35,36). The Morgan fingerprint density at radius 3 is 2.59 bits per heavy atom. The first-order valence-corrected chi connectivity index (χ1v) is 13.3. The number of carbonyl (C=O) groups excluding carboxylic acids is 1. The lowest BCUT2D eigenvalue weighted by molar-refractivity contribution is -0.127.